The number of nitrogens with zero attached hydrogens (tertiary/aromatic N) is 8. The molecule has 4 aromatic rings. The Balaban J connectivity index is 1.46. The van der Waals surface area contributed by atoms with E-state index < -0.39 is 6.10 Å². The molecule has 172 valence electrons. The number of piperazine rings is 1. The maximum atomic E-state index is 12.0. The predicted molar refractivity (Wildman–Crippen MR) is 126 cm³/mol. The maximum Gasteiger partial charge on any atom is 0.251 e. The van der Waals surface area contributed by atoms with Crippen molar-refractivity contribution in [2.45, 2.75) is 13.0 Å². The second-order valence-electron chi connectivity index (χ2n) is 8.40. The number of pyridine rings is 2. The number of aliphatic hydroxyl groups is 1. The molecule has 1 aliphatic rings. The van der Waals surface area contributed by atoms with Gasteiger partial charge >= 0.3 is 0 Å². The Labute approximate surface area is 196 Å². The topological polar surface area (TPSA) is 116 Å². The van der Waals surface area contributed by atoms with Gasteiger partial charge in [0, 0.05) is 74.1 Å². The number of aromatic nitrogens is 5. The number of amides is 1. The first-order valence-electron chi connectivity index (χ1n) is 11.0. The molecule has 0 radical (unpaired) electrons. The van der Waals surface area contributed by atoms with E-state index in [4.69, 9.17) is 0 Å². The van der Waals surface area contributed by atoms with E-state index in [2.05, 4.69) is 26.2 Å². The highest BCUT2D eigenvalue weighted by Gasteiger charge is 2.24. The molecule has 10 heteroatoms. The molecule has 0 aliphatic carbocycles. The van der Waals surface area contributed by atoms with Crippen LogP contribution in [0.2, 0.25) is 0 Å². The lowest BCUT2D eigenvalue weighted by Gasteiger charge is -2.36. The number of aliphatic hydroxyl groups excluding tert-OH is 1. The number of nitriles is 1. The predicted octanol–water partition coefficient (Wildman–Crippen LogP) is 1.70. The number of aryl methyl sites for hydroxylation is 1. The number of fused-ring (bicyclic) bond motifs is 1. The van der Waals surface area contributed by atoms with Crippen LogP contribution in [-0.4, -0.2) is 72.6 Å². The van der Waals surface area contributed by atoms with Crippen LogP contribution in [0.5, 0.6) is 0 Å². The average Bonchev–Trinajstić information content (AvgIpc) is 3.49. The molecule has 1 amide bonds. The summed E-state index contributed by atoms with van der Waals surface area (Å²) < 4.78 is 3.47. The smallest absolute Gasteiger partial charge is 0.251 e. The van der Waals surface area contributed by atoms with Crippen LogP contribution >= 0.6 is 0 Å². The van der Waals surface area contributed by atoms with E-state index in [1.165, 1.54) is 6.92 Å². The number of hydrogen-bond donors (Lipinski definition) is 1. The summed E-state index contributed by atoms with van der Waals surface area (Å²) in [6.07, 6.45) is 8.02. The largest absolute Gasteiger partial charge is 0.384 e. The van der Waals surface area contributed by atoms with Crippen molar-refractivity contribution in [3.05, 3.63) is 54.7 Å². The van der Waals surface area contributed by atoms with E-state index in [1.807, 2.05) is 37.6 Å². The minimum atomic E-state index is -0.981. The van der Waals surface area contributed by atoms with E-state index in [1.54, 1.807) is 32.7 Å². The normalized spacial score (nSPS) is 14.9. The van der Waals surface area contributed by atoms with Gasteiger partial charge in [-0.25, -0.2) is 9.50 Å². The number of rotatable bonds is 4. The molecule has 1 N–H and O–H groups in total. The maximum absolute atomic E-state index is 12.0. The van der Waals surface area contributed by atoms with E-state index in [9.17, 15) is 15.2 Å². The first-order chi connectivity index (χ1) is 16.4. The van der Waals surface area contributed by atoms with E-state index in [0.717, 1.165) is 33.6 Å². The summed E-state index contributed by atoms with van der Waals surface area (Å²) in [5.41, 5.74) is 4.85. The molecule has 1 fully saturated rings. The average molecular weight is 457 g/mol. The second-order valence-corrected chi connectivity index (χ2v) is 8.40. The molecular formula is C24H24N8O2. The third-order valence-electron chi connectivity index (χ3n) is 6.10. The van der Waals surface area contributed by atoms with Gasteiger partial charge in [-0.3, -0.25) is 9.48 Å². The van der Waals surface area contributed by atoms with Crippen molar-refractivity contribution in [2.75, 3.05) is 31.1 Å². The summed E-state index contributed by atoms with van der Waals surface area (Å²) in [6, 6.07) is 8.21. The van der Waals surface area contributed by atoms with Crippen molar-refractivity contribution < 1.29 is 9.90 Å². The fourth-order valence-electron chi connectivity index (χ4n) is 4.30. The number of anilines is 1. The highest BCUT2D eigenvalue weighted by molar-refractivity contribution is 5.87. The van der Waals surface area contributed by atoms with Gasteiger partial charge in [0.15, 0.2) is 0 Å². The summed E-state index contributed by atoms with van der Waals surface area (Å²) in [4.78, 5) is 20.5. The molecule has 34 heavy (non-hydrogen) atoms. The molecular weight excluding hydrogens is 432 g/mol. The fourth-order valence-corrected chi connectivity index (χ4v) is 4.30. The highest BCUT2D eigenvalue weighted by Crippen LogP contribution is 2.32. The lowest BCUT2D eigenvalue weighted by atomic mass is 10.0. The molecule has 0 saturated carbocycles. The first-order valence-corrected chi connectivity index (χ1v) is 11.0. The number of carbonyl (C=O) groups excluding carboxylic acids is 1. The zero-order valence-corrected chi connectivity index (χ0v) is 19.0. The lowest BCUT2D eigenvalue weighted by Crippen LogP contribution is -2.51. The Morgan fingerprint density at radius 1 is 1.06 bits per heavy atom. The van der Waals surface area contributed by atoms with Crippen molar-refractivity contribution in [1.29, 1.82) is 5.26 Å². The summed E-state index contributed by atoms with van der Waals surface area (Å²) in [7, 11) is 1.87. The molecule has 1 aliphatic heterocycles. The lowest BCUT2D eigenvalue weighted by molar-refractivity contribution is -0.139. The van der Waals surface area contributed by atoms with Gasteiger partial charge in [0.2, 0.25) is 0 Å². The molecule has 1 unspecified atom stereocenters. The molecule has 0 bridgehead atoms. The van der Waals surface area contributed by atoms with Crippen molar-refractivity contribution in [3.63, 3.8) is 0 Å². The Kier molecular flexibility index (Phi) is 5.47. The first kappa shape index (κ1) is 21.6. The van der Waals surface area contributed by atoms with Gasteiger partial charge in [0.05, 0.1) is 23.5 Å². The van der Waals surface area contributed by atoms with Crippen LogP contribution in [0.3, 0.4) is 0 Å². The minimum Gasteiger partial charge on any atom is -0.384 e. The van der Waals surface area contributed by atoms with Gasteiger partial charge in [-0.1, -0.05) is 0 Å². The van der Waals surface area contributed by atoms with Crippen molar-refractivity contribution in [3.8, 4) is 28.3 Å². The van der Waals surface area contributed by atoms with Gasteiger partial charge in [-0.2, -0.15) is 15.5 Å². The number of hydrogen-bond acceptors (Lipinski definition) is 7. The van der Waals surface area contributed by atoms with Crippen LogP contribution in [0.1, 0.15) is 12.5 Å². The SMILES string of the molecule is CC(O)C(=O)N1CCN(c2ccc(-c3cc(-c4cnn(C)c4)cn4ncc(C#N)c34)cn2)CC1. The quantitative estimate of drug-likeness (QED) is 0.497. The van der Waals surface area contributed by atoms with E-state index in [0.29, 0.717) is 31.7 Å². The van der Waals surface area contributed by atoms with Crippen LogP contribution in [0.4, 0.5) is 5.82 Å². The molecule has 10 nitrogen and oxygen atoms in total. The highest BCUT2D eigenvalue weighted by atomic mass is 16.3. The summed E-state index contributed by atoms with van der Waals surface area (Å²) >= 11 is 0. The van der Waals surface area contributed by atoms with Gasteiger partial charge < -0.3 is 14.9 Å². The van der Waals surface area contributed by atoms with Crippen molar-refractivity contribution in [1.82, 2.24) is 29.3 Å². The van der Waals surface area contributed by atoms with Crippen LogP contribution < -0.4 is 4.90 Å². The van der Waals surface area contributed by atoms with Crippen LogP contribution in [0.15, 0.2) is 49.2 Å². The fraction of sp³-hybridized carbons (Fsp3) is 0.292. The van der Waals surface area contributed by atoms with E-state index >= 15 is 0 Å². The second kappa shape index (κ2) is 8.61. The zero-order chi connectivity index (χ0) is 23.8. The van der Waals surface area contributed by atoms with Crippen molar-refractivity contribution in [2.24, 2.45) is 7.05 Å². The zero-order valence-electron chi connectivity index (χ0n) is 19.0. The summed E-state index contributed by atoms with van der Waals surface area (Å²) in [5, 5.41) is 27.8. The van der Waals surface area contributed by atoms with Crippen molar-refractivity contribution >= 4 is 17.2 Å². The van der Waals surface area contributed by atoms with Gasteiger partial charge in [0.1, 0.15) is 18.0 Å². The molecule has 0 spiro atoms. The molecule has 1 atom stereocenters. The van der Waals surface area contributed by atoms with Crippen LogP contribution in [0.25, 0.3) is 27.8 Å². The van der Waals surface area contributed by atoms with Crippen LogP contribution in [-0.2, 0) is 11.8 Å². The van der Waals surface area contributed by atoms with Crippen LogP contribution in [0, 0.1) is 11.3 Å². The standard InChI is InChI=1S/C24H24N8O2/c1-16(33)24(34)31-7-5-30(6-8-31)22-4-3-17(11-26-22)21-9-18(20-13-27-29(2)14-20)15-32-23(21)19(10-25)12-28-32/h3-4,9,11-16,33H,5-8H2,1-2H3. The summed E-state index contributed by atoms with van der Waals surface area (Å²) in [5.74, 6) is 0.580. The monoisotopic (exact) mass is 456 g/mol. The molecule has 4 aromatic heterocycles. The Hall–Kier alpha value is -4.23. The summed E-state index contributed by atoms with van der Waals surface area (Å²) in [6.45, 7) is 3.87. The van der Waals surface area contributed by atoms with Gasteiger partial charge in [-0.05, 0) is 25.1 Å². The molecule has 5 heterocycles. The van der Waals surface area contributed by atoms with E-state index in [-0.39, 0.29) is 5.91 Å². The third kappa shape index (κ3) is 3.86. The van der Waals surface area contributed by atoms with Gasteiger partial charge in [-0.15, -0.1) is 0 Å². The van der Waals surface area contributed by atoms with Gasteiger partial charge in [0.25, 0.3) is 5.91 Å². The number of carbonyl (C=O) groups is 1. The Morgan fingerprint density at radius 2 is 1.85 bits per heavy atom. The molecule has 5 rings (SSSR count). The molecule has 0 aromatic carbocycles. The Bertz CT molecular complexity index is 1390. The Morgan fingerprint density at radius 3 is 2.47 bits per heavy atom. The third-order valence-corrected chi connectivity index (χ3v) is 6.10. The molecule has 1 saturated heterocycles. The minimum absolute atomic E-state index is 0.241.